The van der Waals surface area contributed by atoms with Crippen molar-refractivity contribution >= 4 is 5.91 Å². The van der Waals surface area contributed by atoms with Crippen LogP contribution < -0.4 is 11.1 Å². The molecule has 1 aliphatic rings. The number of carbonyl (C=O) groups is 1. The van der Waals surface area contributed by atoms with Crippen LogP contribution in [0.5, 0.6) is 0 Å². The minimum atomic E-state index is -0.533. The summed E-state index contributed by atoms with van der Waals surface area (Å²) in [6.45, 7) is 6.20. The SMILES string of the molecule is CC1CCC(NC(=O)Cn2cc(C(C)(C)N)nn2)CC1. The molecule has 1 fully saturated rings. The standard InChI is InChI=1S/C14H25N5O/c1-10-4-6-11(7-5-10)16-13(20)9-19-8-12(17-18-19)14(2,3)15/h8,10-11H,4-7,9,15H2,1-3H3,(H,16,20). The number of rotatable bonds is 4. The fraction of sp³-hybridized carbons (Fsp3) is 0.786. The van der Waals surface area contributed by atoms with Gasteiger partial charge in [0.15, 0.2) is 0 Å². The summed E-state index contributed by atoms with van der Waals surface area (Å²) in [4.78, 5) is 12.0. The number of nitrogens with two attached hydrogens (primary N) is 1. The monoisotopic (exact) mass is 279 g/mol. The van der Waals surface area contributed by atoms with E-state index in [-0.39, 0.29) is 12.5 Å². The van der Waals surface area contributed by atoms with Gasteiger partial charge in [0.1, 0.15) is 12.2 Å². The molecule has 1 aromatic rings. The minimum Gasteiger partial charge on any atom is -0.352 e. The molecule has 1 aliphatic carbocycles. The van der Waals surface area contributed by atoms with Gasteiger partial charge in [0.05, 0.1) is 11.7 Å². The summed E-state index contributed by atoms with van der Waals surface area (Å²) in [6.07, 6.45) is 6.28. The third kappa shape index (κ3) is 4.03. The second kappa shape index (κ2) is 5.91. The van der Waals surface area contributed by atoms with E-state index in [0.717, 1.165) is 18.8 Å². The number of amides is 1. The summed E-state index contributed by atoms with van der Waals surface area (Å²) >= 11 is 0. The van der Waals surface area contributed by atoms with Crippen molar-refractivity contribution in [2.45, 2.75) is 64.6 Å². The maximum atomic E-state index is 12.0. The van der Waals surface area contributed by atoms with E-state index >= 15 is 0 Å². The maximum Gasteiger partial charge on any atom is 0.242 e. The van der Waals surface area contributed by atoms with Crippen LogP contribution in [0.3, 0.4) is 0 Å². The molecular weight excluding hydrogens is 254 g/mol. The Bertz CT molecular complexity index is 454. The predicted molar refractivity (Wildman–Crippen MR) is 76.8 cm³/mol. The average Bonchev–Trinajstić information content (AvgIpc) is 2.80. The Morgan fingerprint density at radius 3 is 2.65 bits per heavy atom. The zero-order valence-electron chi connectivity index (χ0n) is 12.6. The molecule has 1 saturated carbocycles. The molecule has 0 bridgehead atoms. The Hall–Kier alpha value is -1.43. The van der Waals surface area contributed by atoms with Crippen molar-refractivity contribution < 1.29 is 4.79 Å². The van der Waals surface area contributed by atoms with Gasteiger partial charge in [0, 0.05) is 6.04 Å². The number of aromatic nitrogens is 3. The maximum absolute atomic E-state index is 12.0. The van der Waals surface area contributed by atoms with Crippen LogP contribution >= 0.6 is 0 Å². The van der Waals surface area contributed by atoms with Crippen molar-refractivity contribution in [2.24, 2.45) is 11.7 Å². The van der Waals surface area contributed by atoms with Gasteiger partial charge in [-0.1, -0.05) is 12.1 Å². The molecule has 112 valence electrons. The molecule has 20 heavy (non-hydrogen) atoms. The largest absolute Gasteiger partial charge is 0.352 e. The zero-order valence-corrected chi connectivity index (χ0v) is 12.6. The molecule has 6 heteroatoms. The molecule has 3 N–H and O–H groups in total. The normalized spacial score (nSPS) is 23.6. The van der Waals surface area contributed by atoms with E-state index in [9.17, 15) is 4.79 Å². The third-order valence-electron chi connectivity index (χ3n) is 3.89. The van der Waals surface area contributed by atoms with Gasteiger partial charge in [0.25, 0.3) is 0 Å². The second-order valence-electron chi connectivity index (χ2n) is 6.55. The lowest BCUT2D eigenvalue weighted by Gasteiger charge is -2.26. The minimum absolute atomic E-state index is 0.00386. The van der Waals surface area contributed by atoms with Crippen LogP contribution in [0, 0.1) is 5.92 Å². The van der Waals surface area contributed by atoms with E-state index in [1.165, 1.54) is 12.8 Å². The third-order valence-corrected chi connectivity index (χ3v) is 3.89. The topological polar surface area (TPSA) is 85.8 Å². The lowest BCUT2D eigenvalue weighted by Crippen LogP contribution is -2.39. The highest BCUT2D eigenvalue weighted by atomic mass is 16.2. The fourth-order valence-corrected chi connectivity index (χ4v) is 2.50. The molecule has 0 aliphatic heterocycles. The number of hydrogen-bond acceptors (Lipinski definition) is 4. The van der Waals surface area contributed by atoms with Gasteiger partial charge in [-0.3, -0.25) is 4.79 Å². The molecule has 0 saturated heterocycles. The van der Waals surface area contributed by atoms with E-state index in [2.05, 4.69) is 22.6 Å². The molecule has 0 atom stereocenters. The lowest BCUT2D eigenvalue weighted by atomic mass is 9.87. The van der Waals surface area contributed by atoms with Crippen molar-refractivity contribution in [3.63, 3.8) is 0 Å². The Morgan fingerprint density at radius 2 is 2.10 bits per heavy atom. The molecule has 0 radical (unpaired) electrons. The Morgan fingerprint density at radius 1 is 1.45 bits per heavy atom. The molecule has 2 rings (SSSR count). The highest BCUT2D eigenvalue weighted by molar-refractivity contribution is 5.75. The summed E-state index contributed by atoms with van der Waals surface area (Å²) in [6, 6.07) is 0.313. The van der Waals surface area contributed by atoms with Crippen LogP contribution in [0.2, 0.25) is 0 Å². The highest BCUT2D eigenvalue weighted by Crippen LogP contribution is 2.23. The van der Waals surface area contributed by atoms with Crippen LogP contribution in [0.25, 0.3) is 0 Å². The van der Waals surface area contributed by atoms with Crippen molar-refractivity contribution in [3.8, 4) is 0 Å². The Labute approximate surface area is 120 Å². The van der Waals surface area contributed by atoms with E-state index in [1.54, 1.807) is 10.9 Å². The van der Waals surface area contributed by atoms with Gasteiger partial charge in [-0.25, -0.2) is 4.68 Å². The van der Waals surface area contributed by atoms with Gasteiger partial charge in [-0.05, 0) is 45.4 Å². The first kappa shape index (κ1) is 15.0. The molecule has 1 heterocycles. The van der Waals surface area contributed by atoms with Gasteiger partial charge in [-0.15, -0.1) is 5.10 Å². The van der Waals surface area contributed by atoms with Gasteiger partial charge in [-0.2, -0.15) is 0 Å². The number of hydrogen-bond donors (Lipinski definition) is 2. The predicted octanol–water partition coefficient (Wildman–Crippen LogP) is 1.17. The summed E-state index contributed by atoms with van der Waals surface area (Å²) in [5.74, 6) is 0.781. The van der Waals surface area contributed by atoms with Crippen LogP contribution in [0.1, 0.15) is 52.1 Å². The molecule has 0 spiro atoms. The zero-order chi connectivity index (χ0) is 14.8. The van der Waals surface area contributed by atoms with Crippen molar-refractivity contribution in [3.05, 3.63) is 11.9 Å². The van der Waals surface area contributed by atoms with E-state index in [0.29, 0.717) is 11.7 Å². The van der Waals surface area contributed by atoms with Gasteiger partial charge < -0.3 is 11.1 Å². The summed E-state index contributed by atoms with van der Waals surface area (Å²) < 4.78 is 1.55. The average molecular weight is 279 g/mol. The Kier molecular flexibility index (Phi) is 4.42. The first-order valence-corrected chi connectivity index (χ1v) is 7.33. The van der Waals surface area contributed by atoms with Crippen LogP contribution in [0.15, 0.2) is 6.20 Å². The van der Waals surface area contributed by atoms with Gasteiger partial charge >= 0.3 is 0 Å². The van der Waals surface area contributed by atoms with Crippen molar-refractivity contribution in [2.75, 3.05) is 0 Å². The lowest BCUT2D eigenvalue weighted by molar-refractivity contribution is -0.122. The van der Waals surface area contributed by atoms with E-state index in [4.69, 9.17) is 5.73 Å². The van der Waals surface area contributed by atoms with Crippen LogP contribution in [-0.2, 0) is 16.9 Å². The first-order chi connectivity index (χ1) is 9.34. The molecule has 6 nitrogen and oxygen atoms in total. The molecule has 0 aromatic carbocycles. The Balaban J connectivity index is 1.84. The number of nitrogens with one attached hydrogen (secondary N) is 1. The van der Waals surface area contributed by atoms with Crippen molar-refractivity contribution in [1.82, 2.24) is 20.3 Å². The number of nitrogens with zero attached hydrogens (tertiary/aromatic N) is 3. The molecule has 1 aromatic heterocycles. The second-order valence-corrected chi connectivity index (χ2v) is 6.55. The first-order valence-electron chi connectivity index (χ1n) is 7.33. The summed E-state index contributed by atoms with van der Waals surface area (Å²) in [5, 5.41) is 11.0. The van der Waals surface area contributed by atoms with Crippen molar-refractivity contribution in [1.29, 1.82) is 0 Å². The summed E-state index contributed by atoms with van der Waals surface area (Å²) in [7, 11) is 0. The highest BCUT2D eigenvalue weighted by Gasteiger charge is 2.21. The van der Waals surface area contributed by atoms with Crippen LogP contribution in [-0.4, -0.2) is 26.9 Å². The van der Waals surface area contributed by atoms with Crippen LogP contribution in [0.4, 0.5) is 0 Å². The summed E-state index contributed by atoms with van der Waals surface area (Å²) in [5.41, 5.74) is 6.10. The quantitative estimate of drug-likeness (QED) is 0.866. The molecule has 0 unspecified atom stereocenters. The molecular formula is C14H25N5O. The van der Waals surface area contributed by atoms with E-state index in [1.807, 2.05) is 13.8 Å². The molecule has 1 amide bonds. The number of carbonyl (C=O) groups excluding carboxylic acids is 1. The van der Waals surface area contributed by atoms with E-state index < -0.39 is 5.54 Å². The van der Waals surface area contributed by atoms with Gasteiger partial charge in [0.2, 0.25) is 5.91 Å². The fourth-order valence-electron chi connectivity index (χ4n) is 2.50. The smallest absolute Gasteiger partial charge is 0.242 e.